The van der Waals surface area contributed by atoms with Gasteiger partial charge in [-0.15, -0.1) is 0 Å². The van der Waals surface area contributed by atoms with Gasteiger partial charge in [0.15, 0.2) is 17.2 Å². The van der Waals surface area contributed by atoms with Gasteiger partial charge in [0.1, 0.15) is 5.76 Å². The zero-order chi connectivity index (χ0) is 9.26. The van der Waals surface area contributed by atoms with Crippen LogP contribution in [0.2, 0.25) is 0 Å². The summed E-state index contributed by atoms with van der Waals surface area (Å²) in [5, 5.41) is 6.04. The lowest BCUT2D eigenvalue weighted by Crippen LogP contribution is -2.49. The zero-order valence-corrected chi connectivity index (χ0v) is 7.47. The molecule has 1 aliphatic rings. The molecule has 0 saturated carbocycles. The van der Waals surface area contributed by atoms with Crippen LogP contribution >= 0.6 is 12.2 Å². The molecular formula is C7H8N4OS. The lowest BCUT2D eigenvalue weighted by atomic mass is 10.3. The number of thiocarbonyl (C=S) groups is 1. The third-order valence-corrected chi connectivity index (χ3v) is 1.81. The molecule has 1 aromatic heterocycles. The van der Waals surface area contributed by atoms with Crippen LogP contribution in [-0.2, 0) is 0 Å². The van der Waals surface area contributed by atoms with E-state index in [1.54, 1.807) is 12.3 Å². The quantitative estimate of drug-likeness (QED) is 0.554. The number of hydrogen-bond donors (Lipinski definition) is 3. The maximum absolute atomic E-state index is 5.49. The van der Waals surface area contributed by atoms with Crippen molar-refractivity contribution in [1.82, 2.24) is 10.6 Å². The molecule has 68 valence electrons. The van der Waals surface area contributed by atoms with Crippen molar-refractivity contribution in [3.63, 3.8) is 0 Å². The van der Waals surface area contributed by atoms with E-state index in [-0.39, 0.29) is 6.17 Å². The van der Waals surface area contributed by atoms with Crippen LogP contribution in [-0.4, -0.2) is 11.1 Å². The van der Waals surface area contributed by atoms with Crippen molar-refractivity contribution in [2.24, 2.45) is 10.7 Å². The molecule has 0 saturated heterocycles. The highest BCUT2D eigenvalue weighted by Gasteiger charge is 2.18. The molecule has 0 amide bonds. The van der Waals surface area contributed by atoms with Crippen LogP contribution in [0.25, 0.3) is 0 Å². The van der Waals surface area contributed by atoms with Crippen LogP contribution in [0.1, 0.15) is 11.9 Å². The third-order valence-electron chi connectivity index (χ3n) is 1.59. The second kappa shape index (κ2) is 3.06. The largest absolute Gasteiger partial charge is 0.465 e. The van der Waals surface area contributed by atoms with Crippen molar-refractivity contribution in [3.8, 4) is 0 Å². The number of nitrogens with zero attached hydrogens (tertiary/aromatic N) is 1. The van der Waals surface area contributed by atoms with Crippen molar-refractivity contribution in [2.75, 3.05) is 0 Å². The van der Waals surface area contributed by atoms with Gasteiger partial charge in [0, 0.05) is 0 Å². The van der Waals surface area contributed by atoms with Gasteiger partial charge in [-0.3, -0.25) is 0 Å². The Bertz CT molecular complexity index is 345. The molecule has 4 N–H and O–H groups in total. The van der Waals surface area contributed by atoms with E-state index >= 15 is 0 Å². The molecule has 2 rings (SSSR count). The first-order chi connectivity index (χ1) is 6.25. The number of furan rings is 1. The van der Waals surface area contributed by atoms with Crippen molar-refractivity contribution in [3.05, 3.63) is 24.2 Å². The summed E-state index contributed by atoms with van der Waals surface area (Å²) < 4.78 is 5.16. The van der Waals surface area contributed by atoms with Crippen LogP contribution in [0.15, 0.2) is 27.8 Å². The number of hydrogen-bond acceptors (Lipinski definition) is 4. The van der Waals surface area contributed by atoms with E-state index in [2.05, 4.69) is 15.6 Å². The summed E-state index contributed by atoms with van der Waals surface area (Å²) in [6, 6.07) is 3.59. The maximum atomic E-state index is 5.49. The average Bonchev–Trinajstić information content (AvgIpc) is 2.53. The molecule has 0 unspecified atom stereocenters. The normalized spacial score (nSPS) is 21.7. The Morgan fingerprint density at radius 3 is 3.08 bits per heavy atom. The van der Waals surface area contributed by atoms with Crippen molar-refractivity contribution < 1.29 is 4.42 Å². The zero-order valence-electron chi connectivity index (χ0n) is 6.65. The van der Waals surface area contributed by atoms with E-state index in [9.17, 15) is 0 Å². The SMILES string of the molecule is NC1=N[C@H](c2ccco2)NC(=S)N1. The summed E-state index contributed by atoms with van der Waals surface area (Å²) in [6.07, 6.45) is 1.26. The third kappa shape index (κ3) is 1.62. The highest BCUT2D eigenvalue weighted by atomic mass is 32.1. The number of rotatable bonds is 1. The molecule has 13 heavy (non-hydrogen) atoms. The molecule has 5 nitrogen and oxygen atoms in total. The van der Waals surface area contributed by atoms with Crippen molar-refractivity contribution in [2.45, 2.75) is 6.17 Å². The molecule has 0 fully saturated rings. The minimum absolute atomic E-state index is 0.296. The number of aliphatic imine (C=N–C) groups is 1. The van der Waals surface area contributed by atoms with Gasteiger partial charge < -0.3 is 20.8 Å². The molecule has 0 radical (unpaired) electrons. The van der Waals surface area contributed by atoms with Crippen LogP contribution in [0.3, 0.4) is 0 Å². The second-order valence-electron chi connectivity index (χ2n) is 2.53. The minimum Gasteiger partial charge on any atom is -0.465 e. The average molecular weight is 196 g/mol. The Morgan fingerprint density at radius 1 is 1.62 bits per heavy atom. The van der Waals surface area contributed by atoms with Gasteiger partial charge in [-0.1, -0.05) is 0 Å². The van der Waals surface area contributed by atoms with Crippen molar-refractivity contribution in [1.29, 1.82) is 0 Å². The van der Waals surface area contributed by atoms with Crippen LogP contribution < -0.4 is 16.4 Å². The fourth-order valence-electron chi connectivity index (χ4n) is 1.06. The first-order valence-electron chi connectivity index (χ1n) is 3.70. The summed E-state index contributed by atoms with van der Waals surface area (Å²) in [6.45, 7) is 0. The molecule has 1 aliphatic heterocycles. The van der Waals surface area contributed by atoms with E-state index in [0.29, 0.717) is 16.8 Å². The lowest BCUT2D eigenvalue weighted by Gasteiger charge is -2.20. The van der Waals surface area contributed by atoms with E-state index in [0.717, 1.165) is 0 Å². The smallest absolute Gasteiger partial charge is 0.197 e. The summed E-state index contributed by atoms with van der Waals surface area (Å²) in [7, 11) is 0. The Labute approximate surface area is 80.0 Å². The summed E-state index contributed by atoms with van der Waals surface area (Å²) in [5.74, 6) is 0.983. The fraction of sp³-hybridized carbons (Fsp3) is 0.143. The standard InChI is InChI=1S/C7H8N4OS/c8-6-9-5(10-7(13)11-6)4-2-1-3-12-4/h1-3,5H,(H4,8,9,10,11,13)/t5-/m0/s1. The van der Waals surface area contributed by atoms with Gasteiger partial charge >= 0.3 is 0 Å². The van der Waals surface area contributed by atoms with Crippen LogP contribution in [0, 0.1) is 0 Å². The number of nitrogens with two attached hydrogens (primary N) is 1. The number of guanidine groups is 1. The van der Waals surface area contributed by atoms with Gasteiger partial charge in [0.05, 0.1) is 6.26 Å². The number of nitrogens with one attached hydrogen (secondary N) is 2. The predicted molar refractivity (Wildman–Crippen MR) is 51.9 cm³/mol. The highest BCUT2D eigenvalue weighted by molar-refractivity contribution is 7.80. The van der Waals surface area contributed by atoms with Crippen molar-refractivity contribution >= 4 is 23.3 Å². The van der Waals surface area contributed by atoms with Gasteiger partial charge in [-0.2, -0.15) is 0 Å². The molecular weight excluding hydrogens is 188 g/mol. The molecule has 0 spiro atoms. The van der Waals surface area contributed by atoms with E-state index in [4.69, 9.17) is 22.4 Å². The molecule has 0 bridgehead atoms. The van der Waals surface area contributed by atoms with Gasteiger partial charge in [0.25, 0.3) is 0 Å². The minimum atomic E-state index is -0.316. The Morgan fingerprint density at radius 2 is 2.46 bits per heavy atom. The second-order valence-corrected chi connectivity index (χ2v) is 2.94. The first-order valence-corrected chi connectivity index (χ1v) is 4.11. The predicted octanol–water partition coefficient (Wildman–Crippen LogP) is 0.0706. The molecule has 1 atom stereocenters. The van der Waals surface area contributed by atoms with E-state index in [1.165, 1.54) is 0 Å². The van der Waals surface area contributed by atoms with Crippen LogP contribution in [0.5, 0.6) is 0 Å². The molecule has 6 heteroatoms. The van der Waals surface area contributed by atoms with Crippen LogP contribution in [0.4, 0.5) is 0 Å². The first kappa shape index (κ1) is 8.06. The van der Waals surface area contributed by atoms with Gasteiger partial charge in [-0.05, 0) is 24.4 Å². The fourth-order valence-corrected chi connectivity index (χ4v) is 1.28. The Kier molecular flexibility index (Phi) is 1.90. The summed E-state index contributed by atoms with van der Waals surface area (Å²) in [4.78, 5) is 4.07. The Hall–Kier alpha value is -1.56. The molecule has 1 aromatic rings. The summed E-state index contributed by atoms with van der Waals surface area (Å²) in [5.41, 5.74) is 5.49. The summed E-state index contributed by atoms with van der Waals surface area (Å²) >= 11 is 4.91. The van der Waals surface area contributed by atoms with Gasteiger partial charge in [-0.25, -0.2) is 4.99 Å². The molecule has 0 aliphatic carbocycles. The lowest BCUT2D eigenvalue weighted by molar-refractivity contribution is 0.450. The molecule has 0 aromatic carbocycles. The maximum Gasteiger partial charge on any atom is 0.197 e. The van der Waals surface area contributed by atoms with E-state index < -0.39 is 0 Å². The van der Waals surface area contributed by atoms with Gasteiger partial charge in [0.2, 0.25) is 0 Å². The topological polar surface area (TPSA) is 75.6 Å². The monoisotopic (exact) mass is 196 g/mol. The highest BCUT2D eigenvalue weighted by Crippen LogP contribution is 2.15. The Balaban J connectivity index is 2.25. The molecule has 2 heterocycles. The van der Waals surface area contributed by atoms with E-state index in [1.807, 2.05) is 6.07 Å².